The maximum Gasteiger partial charge on any atom is 0.207 e. The van der Waals surface area contributed by atoms with Gasteiger partial charge < -0.3 is 14.8 Å². The molecule has 0 spiro atoms. The lowest BCUT2D eigenvalue weighted by Crippen LogP contribution is -2.24. The number of rotatable bonds is 6. The summed E-state index contributed by atoms with van der Waals surface area (Å²) in [5.41, 5.74) is 0. The Morgan fingerprint density at radius 1 is 1.54 bits per heavy atom. The van der Waals surface area contributed by atoms with E-state index in [1.54, 1.807) is 0 Å². The molecule has 0 aromatic heterocycles. The van der Waals surface area contributed by atoms with Gasteiger partial charge in [0.15, 0.2) is 6.29 Å². The minimum atomic E-state index is -0.00928. The predicted octanol–water partition coefficient (Wildman–Crippen LogP) is 0.666. The molecule has 76 valence electrons. The number of ether oxygens (including phenoxy) is 2. The third-order valence-corrected chi connectivity index (χ3v) is 1.99. The van der Waals surface area contributed by atoms with Gasteiger partial charge in [0.25, 0.3) is 0 Å². The average Bonchev–Trinajstić information content (AvgIpc) is 2.19. The molecule has 1 fully saturated rings. The highest BCUT2D eigenvalue weighted by Gasteiger charge is 2.12. The van der Waals surface area contributed by atoms with Crippen molar-refractivity contribution in [3.05, 3.63) is 0 Å². The van der Waals surface area contributed by atoms with E-state index in [1.165, 1.54) is 6.42 Å². The number of hydrogen-bond donors (Lipinski definition) is 1. The SMILES string of the molecule is O=CNCCCOC1CCCCO1. The average molecular weight is 187 g/mol. The molecule has 0 radical (unpaired) electrons. The number of carbonyl (C=O) groups excluding carboxylic acids is 1. The second kappa shape index (κ2) is 6.86. The Bertz CT molecular complexity index is 135. The molecule has 1 N–H and O–H groups in total. The summed E-state index contributed by atoms with van der Waals surface area (Å²) in [6.07, 6.45) is 4.88. The number of nitrogens with one attached hydrogen (secondary N) is 1. The summed E-state index contributed by atoms with van der Waals surface area (Å²) in [6.45, 7) is 2.15. The van der Waals surface area contributed by atoms with Crippen LogP contribution in [0.5, 0.6) is 0 Å². The zero-order valence-electron chi connectivity index (χ0n) is 7.83. The molecule has 0 bridgehead atoms. The van der Waals surface area contributed by atoms with Gasteiger partial charge in [-0.3, -0.25) is 4.79 Å². The molecular formula is C9H17NO3. The van der Waals surface area contributed by atoms with Gasteiger partial charge in [0.1, 0.15) is 0 Å². The van der Waals surface area contributed by atoms with Crippen molar-refractivity contribution in [1.82, 2.24) is 5.32 Å². The molecule has 1 atom stereocenters. The van der Waals surface area contributed by atoms with Crippen LogP contribution in [0.1, 0.15) is 25.7 Å². The molecular weight excluding hydrogens is 170 g/mol. The van der Waals surface area contributed by atoms with Crippen LogP contribution in [-0.2, 0) is 14.3 Å². The number of carbonyl (C=O) groups is 1. The molecule has 1 amide bonds. The smallest absolute Gasteiger partial charge is 0.207 e. The third-order valence-electron chi connectivity index (χ3n) is 1.99. The lowest BCUT2D eigenvalue weighted by molar-refractivity contribution is -0.162. The molecule has 1 rings (SSSR count). The van der Waals surface area contributed by atoms with E-state index < -0.39 is 0 Å². The van der Waals surface area contributed by atoms with Crippen LogP contribution in [0.25, 0.3) is 0 Å². The summed E-state index contributed by atoms with van der Waals surface area (Å²) in [7, 11) is 0. The molecule has 0 aromatic carbocycles. The summed E-state index contributed by atoms with van der Waals surface area (Å²) in [5.74, 6) is 0. The van der Waals surface area contributed by atoms with Crippen molar-refractivity contribution in [3.8, 4) is 0 Å². The van der Waals surface area contributed by atoms with Gasteiger partial charge in [0.2, 0.25) is 6.41 Å². The Morgan fingerprint density at radius 2 is 2.46 bits per heavy atom. The van der Waals surface area contributed by atoms with Crippen molar-refractivity contribution >= 4 is 6.41 Å². The van der Waals surface area contributed by atoms with Crippen molar-refractivity contribution in [2.24, 2.45) is 0 Å². The first-order chi connectivity index (χ1) is 6.43. The second-order valence-corrected chi connectivity index (χ2v) is 3.09. The van der Waals surface area contributed by atoms with E-state index in [0.29, 0.717) is 19.6 Å². The van der Waals surface area contributed by atoms with E-state index in [9.17, 15) is 4.79 Å². The van der Waals surface area contributed by atoms with Crippen molar-refractivity contribution in [2.75, 3.05) is 19.8 Å². The van der Waals surface area contributed by atoms with Crippen molar-refractivity contribution in [3.63, 3.8) is 0 Å². The summed E-state index contributed by atoms with van der Waals surface area (Å²) < 4.78 is 10.8. The lowest BCUT2D eigenvalue weighted by Gasteiger charge is -2.22. The Kier molecular flexibility index (Phi) is 5.52. The molecule has 0 saturated carbocycles. The third kappa shape index (κ3) is 4.85. The zero-order valence-corrected chi connectivity index (χ0v) is 7.83. The Morgan fingerprint density at radius 3 is 3.15 bits per heavy atom. The number of amides is 1. The van der Waals surface area contributed by atoms with Crippen LogP contribution in [0.4, 0.5) is 0 Å². The van der Waals surface area contributed by atoms with E-state index in [2.05, 4.69) is 5.32 Å². The lowest BCUT2D eigenvalue weighted by atomic mass is 10.2. The topological polar surface area (TPSA) is 47.6 Å². The molecule has 4 heteroatoms. The molecule has 1 heterocycles. The van der Waals surface area contributed by atoms with Gasteiger partial charge in [-0.25, -0.2) is 0 Å². The monoisotopic (exact) mass is 187 g/mol. The minimum absolute atomic E-state index is 0.00928. The van der Waals surface area contributed by atoms with Crippen LogP contribution in [0.3, 0.4) is 0 Å². The maximum atomic E-state index is 9.89. The maximum absolute atomic E-state index is 9.89. The highest BCUT2D eigenvalue weighted by Crippen LogP contribution is 2.13. The summed E-state index contributed by atoms with van der Waals surface area (Å²) in [5, 5.41) is 2.58. The first-order valence-corrected chi connectivity index (χ1v) is 4.83. The fourth-order valence-corrected chi connectivity index (χ4v) is 1.29. The van der Waals surface area contributed by atoms with Crippen LogP contribution in [-0.4, -0.2) is 32.5 Å². The van der Waals surface area contributed by atoms with Gasteiger partial charge >= 0.3 is 0 Å². The molecule has 1 saturated heterocycles. The zero-order chi connectivity index (χ0) is 9.36. The first kappa shape index (κ1) is 10.5. The van der Waals surface area contributed by atoms with Gasteiger partial charge in [0.05, 0.1) is 6.61 Å². The van der Waals surface area contributed by atoms with Gasteiger partial charge in [0, 0.05) is 13.2 Å². The Balaban J connectivity index is 1.89. The standard InChI is InChI=1S/C9H17NO3/c11-8-10-5-3-7-13-9-4-1-2-6-12-9/h8-9H,1-7H2,(H,10,11). The fourth-order valence-electron chi connectivity index (χ4n) is 1.29. The first-order valence-electron chi connectivity index (χ1n) is 4.83. The minimum Gasteiger partial charge on any atom is -0.359 e. The van der Waals surface area contributed by atoms with Crippen LogP contribution < -0.4 is 5.32 Å². The van der Waals surface area contributed by atoms with E-state index >= 15 is 0 Å². The molecule has 13 heavy (non-hydrogen) atoms. The van der Waals surface area contributed by atoms with Crippen molar-refractivity contribution in [2.45, 2.75) is 32.0 Å². The van der Waals surface area contributed by atoms with E-state index in [0.717, 1.165) is 25.9 Å². The van der Waals surface area contributed by atoms with Crippen LogP contribution >= 0.6 is 0 Å². The summed E-state index contributed by atoms with van der Waals surface area (Å²) >= 11 is 0. The van der Waals surface area contributed by atoms with E-state index in [-0.39, 0.29) is 6.29 Å². The van der Waals surface area contributed by atoms with Crippen LogP contribution in [0.2, 0.25) is 0 Å². The van der Waals surface area contributed by atoms with Gasteiger partial charge in [-0.2, -0.15) is 0 Å². The number of hydrogen-bond acceptors (Lipinski definition) is 3. The predicted molar refractivity (Wildman–Crippen MR) is 48.2 cm³/mol. The molecule has 4 nitrogen and oxygen atoms in total. The van der Waals surface area contributed by atoms with Crippen molar-refractivity contribution < 1.29 is 14.3 Å². The Labute approximate surface area is 78.6 Å². The molecule has 1 aliphatic rings. The van der Waals surface area contributed by atoms with E-state index in [4.69, 9.17) is 9.47 Å². The quantitative estimate of drug-likeness (QED) is 0.491. The van der Waals surface area contributed by atoms with Gasteiger partial charge in [-0.05, 0) is 25.7 Å². The highest BCUT2D eigenvalue weighted by molar-refractivity contribution is 5.45. The summed E-state index contributed by atoms with van der Waals surface area (Å²) in [4.78, 5) is 9.89. The van der Waals surface area contributed by atoms with E-state index in [1.807, 2.05) is 0 Å². The van der Waals surface area contributed by atoms with Crippen LogP contribution in [0.15, 0.2) is 0 Å². The second-order valence-electron chi connectivity index (χ2n) is 3.09. The largest absolute Gasteiger partial charge is 0.359 e. The molecule has 0 aromatic rings. The highest BCUT2D eigenvalue weighted by atomic mass is 16.7. The molecule has 0 aliphatic carbocycles. The van der Waals surface area contributed by atoms with Crippen molar-refractivity contribution in [1.29, 1.82) is 0 Å². The van der Waals surface area contributed by atoms with Crippen LogP contribution in [0, 0.1) is 0 Å². The van der Waals surface area contributed by atoms with Gasteiger partial charge in [-0.1, -0.05) is 0 Å². The summed E-state index contributed by atoms with van der Waals surface area (Å²) in [6, 6.07) is 0. The molecule has 1 aliphatic heterocycles. The fraction of sp³-hybridized carbons (Fsp3) is 0.889. The molecule has 1 unspecified atom stereocenters. The Hall–Kier alpha value is -0.610. The van der Waals surface area contributed by atoms with Gasteiger partial charge in [-0.15, -0.1) is 0 Å². The normalized spacial score (nSPS) is 22.6.